The minimum Gasteiger partial charge on any atom is -0.311 e. The predicted octanol–water partition coefficient (Wildman–Crippen LogP) is 2.92. The number of hydrogen-bond acceptors (Lipinski definition) is 4. The number of carbonyl (C=O) groups is 1. The molecule has 0 aliphatic carbocycles. The summed E-state index contributed by atoms with van der Waals surface area (Å²) in [5, 5.41) is 6.70. The molecule has 0 saturated heterocycles. The first-order valence-corrected chi connectivity index (χ1v) is 10.4. The van der Waals surface area contributed by atoms with E-state index in [4.69, 9.17) is 0 Å². The summed E-state index contributed by atoms with van der Waals surface area (Å²) in [6.07, 6.45) is 1.30. The number of nitrogens with zero attached hydrogens (tertiary/aromatic N) is 2. The molecule has 1 aromatic carbocycles. The van der Waals surface area contributed by atoms with Crippen molar-refractivity contribution in [2.75, 3.05) is 16.8 Å². The van der Waals surface area contributed by atoms with Gasteiger partial charge in [-0.05, 0) is 31.0 Å². The number of halogens is 2. The second-order valence-electron chi connectivity index (χ2n) is 6.88. The van der Waals surface area contributed by atoms with Gasteiger partial charge in [-0.25, -0.2) is 21.9 Å². The fourth-order valence-electron chi connectivity index (χ4n) is 2.62. The minimum atomic E-state index is -3.31. The Morgan fingerprint density at radius 3 is 2.67 bits per heavy atom. The van der Waals surface area contributed by atoms with Crippen molar-refractivity contribution in [3.63, 3.8) is 0 Å². The first-order valence-electron chi connectivity index (χ1n) is 8.54. The highest BCUT2D eigenvalue weighted by molar-refractivity contribution is 7.91. The Morgan fingerprint density at radius 2 is 2.00 bits per heavy atom. The third-order valence-corrected chi connectivity index (χ3v) is 5.84. The highest BCUT2D eigenvalue weighted by atomic mass is 32.2. The van der Waals surface area contributed by atoms with Crippen molar-refractivity contribution in [3.05, 3.63) is 47.2 Å². The van der Waals surface area contributed by atoms with Crippen LogP contribution in [0.5, 0.6) is 0 Å². The number of anilines is 1. The molecule has 9 heteroatoms. The van der Waals surface area contributed by atoms with Gasteiger partial charge in [0.15, 0.2) is 9.84 Å². The molecule has 0 atom stereocenters. The van der Waals surface area contributed by atoms with Crippen molar-refractivity contribution in [1.29, 1.82) is 0 Å². The quantitative estimate of drug-likeness (QED) is 0.740. The number of nitrogens with one attached hydrogen (secondary N) is 1. The van der Waals surface area contributed by atoms with Crippen LogP contribution in [0.15, 0.2) is 24.4 Å². The number of rotatable bonds is 8. The average molecular weight is 399 g/mol. The molecular formula is C18H23F2N3O3S. The fourth-order valence-corrected chi connectivity index (χ4v) is 4.30. The molecule has 1 N–H and O–H groups in total. The van der Waals surface area contributed by atoms with Crippen LogP contribution in [0.3, 0.4) is 0 Å². The van der Waals surface area contributed by atoms with Crippen molar-refractivity contribution in [1.82, 2.24) is 9.78 Å². The van der Waals surface area contributed by atoms with Gasteiger partial charge in [-0.15, -0.1) is 0 Å². The maximum atomic E-state index is 13.9. The zero-order chi connectivity index (χ0) is 20.2. The summed E-state index contributed by atoms with van der Waals surface area (Å²) in [5.74, 6) is -1.55. The molecule has 1 aromatic heterocycles. The summed E-state index contributed by atoms with van der Waals surface area (Å²) in [6.45, 7) is 5.23. The number of benzene rings is 1. The molecule has 0 bridgehead atoms. The molecule has 0 unspecified atom stereocenters. The number of sulfone groups is 1. The van der Waals surface area contributed by atoms with Gasteiger partial charge >= 0.3 is 0 Å². The maximum absolute atomic E-state index is 13.9. The largest absolute Gasteiger partial charge is 0.311 e. The Balaban J connectivity index is 2.08. The zero-order valence-electron chi connectivity index (χ0n) is 15.5. The first-order chi connectivity index (χ1) is 12.6. The molecule has 2 aromatic rings. The van der Waals surface area contributed by atoms with Crippen LogP contribution in [0, 0.1) is 24.5 Å². The Kier molecular flexibility index (Phi) is 6.69. The molecule has 1 amide bonds. The molecule has 0 fully saturated rings. The van der Waals surface area contributed by atoms with Crippen LogP contribution in [0.2, 0.25) is 0 Å². The standard InChI is InChI=1S/C18H23F2N3O3S/c1-12(2)11-27(25,26)7-6-17(24)22-18-13(3)9-21-23(18)10-14-8-15(19)4-5-16(14)20/h4-5,8-9,12H,6-7,10-11H2,1-3H3,(H,22,24). The molecule has 0 radical (unpaired) electrons. The van der Waals surface area contributed by atoms with Crippen molar-refractivity contribution >= 4 is 21.6 Å². The van der Waals surface area contributed by atoms with Crippen molar-refractivity contribution in [2.24, 2.45) is 5.92 Å². The van der Waals surface area contributed by atoms with Crippen LogP contribution in [0.1, 0.15) is 31.4 Å². The smallest absolute Gasteiger partial charge is 0.226 e. The summed E-state index contributed by atoms with van der Waals surface area (Å²) in [4.78, 5) is 12.2. The summed E-state index contributed by atoms with van der Waals surface area (Å²) in [5.41, 5.74) is 0.721. The van der Waals surface area contributed by atoms with Gasteiger partial charge in [-0.3, -0.25) is 4.79 Å². The monoisotopic (exact) mass is 399 g/mol. The molecule has 0 aliphatic heterocycles. The van der Waals surface area contributed by atoms with E-state index in [0.717, 1.165) is 18.2 Å². The predicted molar refractivity (Wildman–Crippen MR) is 99.2 cm³/mol. The summed E-state index contributed by atoms with van der Waals surface area (Å²) in [7, 11) is -3.31. The molecule has 0 spiro atoms. The van der Waals surface area contributed by atoms with E-state index in [1.807, 2.05) is 0 Å². The van der Waals surface area contributed by atoms with E-state index >= 15 is 0 Å². The minimum absolute atomic E-state index is 0.0112. The highest BCUT2D eigenvalue weighted by Gasteiger charge is 2.18. The second kappa shape index (κ2) is 8.60. The first kappa shape index (κ1) is 21.0. The lowest BCUT2D eigenvalue weighted by Crippen LogP contribution is -2.22. The number of carbonyl (C=O) groups excluding carboxylic acids is 1. The molecule has 2 rings (SSSR count). The van der Waals surface area contributed by atoms with Crippen LogP contribution in [-0.2, 0) is 21.2 Å². The van der Waals surface area contributed by atoms with Crippen LogP contribution < -0.4 is 5.32 Å². The van der Waals surface area contributed by atoms with Crippen LogP contribution >= 0.6 is 0 Å². The number of hydrogen-bond donors (Lipinski definition) is 1. The van der Waals surface area contributed by atoms with E-state index in [1.165, 1.54) is 10.9 Å². The van der Waals surface area contributed by atoms with Gasteiger partial charge in [0, 0.05) is 17.5 Å². The highest BCUT2D eigenvalue weighted by Crippen LogP contribution is 2.18. The maximum Gasteiger partial charge on any atom is 0.226 e. The zero-order valence-corrected chi connectivity index (χ0v) is 16.3. The van der Waals surface area contributed by atoms with Gasteiger partial charge in [-0.2, -0.15) is 5.10 Å². The third-order valence-electron chi connectivity index (χ3n) is 3.84. The van der Waals surface area contributed by atoms with Crippen molar-refractivity contribution in [2.45, 2.75) is 33.7 Å². The van der Waals surface area contributed by atoms with E-state index in [1.54, 1.807) is 20.8 Å². The molecule has 6 nitrogen and oxygen atoms in total. The normalized spacial score (nSPS) is 11.8. The van der Waals surface area contributed by atoms with Crippen LogP contribution in [0.4, 0.5) is 14.6 Å². The Hall–Kier alpha value is -2.29. The molecule has 0 saturated carbocycles. The second-order valence-corrected chi connectivity index (χ2v) is 9.10. The van der Waals surface area contributed by atoms with Gasteiger partial charge in [0.05, 0.1) is 24.2 Å². The van der Waals surface area contributed by atoms with Gasteiger partial charge < -0.3 is 5.32 Å². The molecular weight excluding hydrogens is 376 g/mol. The van der Waals surface area contributed by atoms with Gasteiger partial charge in [-0.1, -0.05) is 13.8 Å². The topological polar surface area (TPSA) is 81.1 Å². The van der Waals surface area contributed by atoms with E-state index in [2.05, 4.69) is 10.4 Å². The lowest BCUT2D eigenvalue weighted by atomic mass is 10.2. The number of aryl methyl sites for hydroxylation is 1. The lowest BCUT2D eigenvalue weighted by molar-refractivity contribution is -0.115. The van der Waals surface area contributed by atoms with E-state index in [9.17, 15) is 22.0 Å². The van der Waals surface area contributed by atoms with Gasteiger partial charge in [0.1, 0.15) is 17.5 Å². The lowest BCUT2D eigenvalue weighted by Gasteiger charge is -2.11. The molecule has 148 valence electrons. The van der Waals surface area contributed by atoms with E-state index < -0.39 is 27.4 Å². The summed E-state index contributed by atoms with van der Waals surface area (Å²) >= 11 is 0. The van der Waals surface area contributed by atoms with Gasteiger partial charge in [0.2, 0.25) is 5.91 Å². The van der Waals surface area contributed by atoms with Gasteiger partial charge in [0.25, 0.3) is 0 Å². The Morgan fingerprint density at radius 1 is 1.30 bits per heavy atom. The average Bonchev–Trinajstić information content (AvgIpc) is 2.88. The Labute approximate surface area is 157 Å². The fraction of sp³-hybridized carbons (Fsp3) is 0.444. The number of amides is 1. The molecule has 0 aliphatic rings. The number of aromatic nitrogens is 2. The van der Waals surface area contributed by atoms with Crippen molar-refractivity contribution in [3.8, 4) is 0 Å². The summed E-state index contributed by atoms with van der Waals surface area (Å²) in [6, 6.07) is 3.11. The van der Waals surface area contributed by atoms with E-state index in [-0.39, 0.29) is 36.0 Å². The third kappa shape index (κ3) is 6.13. The SMILES string of the molecule is Cc1cnn(Cc2cc(F)ccc2F)c1NC(=O)CCS(=O)(=O)CC(C)C. The molecule has 1 heterocycles. The van der Waals surface area contributed by atoms with E-state index in [0.29, 0.717) is 11.4 Å². The Bertz CT molecular complexity index is 924. The van der Waals surface area contributed by atoms with Crippen molar-refractivity contribution < 1.29 is 22.0 Å². The molecule has 27 heavy (non-hydrogen) atoms. The summed E-state index contributed by atoms with van der Waals surface area (Å²) < 4.78 is 52.4. The van der Waals surface area contributed by atoms with Crippen LogP contribution in [0.25, 0.3) is 0 Å². The van der Waals surface area contributed by atoms with Crippen LogP contribution in [-0.4, -0.2) is 35.6 Å².